The maximum atomic E-state index is 12.2. The lowest BCUT2D eigenvalue weighted by molar-refractivity contribution is -0.165. The van der Waals surface area contributed by atoms with Crippen LogP contribution >= 0.6 is 0 Å². The SMILES string of the molecule is CCCCC[C@H](Cc1ccc(O)c(O[C@@H]2CCC[C@H](NC(N)=NC)C2)c1)[C@@H]1C[C@@H](OC(C)=O)C[C@@H](c2cc(O)c(O)c(OCCc3cccnc3)c2)O1. The van der Waals surface area contributed by atoms with Gasteiger partial charge in [0.25, 0.3) is 0 Å². The van der Waals surface area contributed by atoms with Gasteiger partial charge in [0.1, 0.15) is 12.2 Å². The average Bonchev–Trinajstić information content (AvgIpc) is 3.14. The van der Waals surface area contributed by atoms with Crippen molar-refractivity contribution >= 4 is 11.9 Å². The number of nitrogens with one attached hydrogen (secondary N) is 1. The summed E-state index contributed by atoms with van der Waals surface area (Å²) in [6.45, 7) is 3.85. The Balaban J connectivity index is 1.34. The number of aromatic nitrogens is 1. The van der Waals surface area contributed by atoms with Gasteiger partial charge < -0.3 is 45.3 Å². The first-order chi connectivity index (χ1) is 25.6. The molecule has 2 aromatic carbocycles. The van der Waals surface area contributed by atoms with Crippen LogP contribution in [-0.4, -0.2) is 70.2 Å². The van der Waals surface area contributed by atoms with Gasteiger partial charge in [-0.2, -0.15) is 0 Å². The summed E-state index contributed by atoms with van der Waals surface area (Å²) in [5.41, 5.74) is 8.54. The molecule has 0 amide bonds. The lowest BCUT2D eigenvalue weighted by Gasteiger charge is -2.39. The molecule has 1 aliphatic carbocycles. The molecule has 2 fully saturated rings. The Morgan fingerprint density at radius 3 is 2.64 bits per heavy atom. The third-order valence-corrected chi connectivity index (χ3v) is 10.2. The summed E-state index contributed by atoms with van der Waals surface area (Å²) in [6.07, 6.45) is 11.9. The first-order valence-electron chi connectivity index (χ1n) is 19.0. The molecule has 0 radical (unpaired) electrons. The number of carbonyl (C=O) groups is 1. The van der Waals surface area contributed by atoms with Crippen LogP contribution in [0.25, 0.3) is 0 Å². The summed E-state index contributed by atoms with van der Waals surface area (Å²) in [4.78, 5) is 20.4. The van der Waals surface area contributed by atoms with E-state index < -0.39 is 12.2 Å². The molecule has 0 spiro atoms. The Morgan fingerprint density at radius 1 is 1.04 bits per heavy atom. The van der Waals surface area contributed by atoms with Crippen molar-refractivity contribution in [3.8, 4) is 28.7 Å². The molecule has 6 atom stereocenters. The van der Waals surface area contributed by atoms with E-state index in [1.54, 1.807) is 31.6 Å². The van der Waals surface area contributed by atoms with Crippen LogP contribution in [0.5, 0.6) is 28.7 Å². The molecule has 0 bridgehead atoms. The number of pyridine rings is 1. The first kappa shape index (κ1) is 39.5. The smallest absolute Gasteiger partial charge is 0.302 e. The van der Waals surface area contributed by atoms with Crippen molar-refractivity contribution in [3.63, 3.8) is 0 Å². The van der Waals surface area contributed by atoms with E-state index in [4.69, 9.17) is 24.7 Å². The van der Waals surface area contributed by atoms with Gasteiger partial charge in [0.15, 0.2) is 29.0 Å². The minimum Gasteiger partial charge on any atom is -0.504 e. The predicted octanol–water partition coefficient (Wildman–Crippen LogP) is 6.64. The number of phenols is 3. The molecule has 1 aromatic heterocycles. The Morgan fingerprint density at radius 2 is 1.89 bits per heavy atom. The number of aromatic hydroxyl groups is 3. The molecule has 53 heavy (non-hydrogen) atoms. The van der Waals surface area contributed by atoms with Crippen LogP contribution in [-0.2, 0) is 27.1 Å². The largest absolute Gasteiger partial charge is 0.504 e. The van der Waals surface area contributed by atoms with Gasteiger partial charge in [-0.25, -0.2) is 0 Å². The van der Waals surface area contributed by atoms with E-state index in [1.807, 2.05) is 24.3 Å². The monoisotopic (exact) mass is 732 g/mol. The lowest BCUT2D eigenvalue weighted by atomic mass is 9.83. The van der Waals surface area contributed by atoms with Crippen LogP contribution in [0.1, 0.15) is 101 Å². The molecular formula is C41H56N4O8. The maximum absolute atomic E-state index is 12.2. The number of hydrogen-bond donors (Lipinski definition) is 5. The average molecular weight is 733 g/mol. The number of hydrogen-bond acceptors (Lipinski definition) is 10. The van der Waals surface area contributed by atoms with Gasteiger partial charge in [0, 0.05) is 58.1 Å². The van der Waals surface area contributed by atoms with Gasteiger partial charge in [0.2, 0.25) is 5.75 Å². The molecule has 2 aliphatic rings. The molecule has 3 aromatic rings. The zero-order chi connectivity index (χ0) is 37.7. The molecule has 1 aliphatic heterocycles. The fourth-order valence-electron chi connectivity index (χ4n) is 7.49. The number of benzene rings is 2. The minimum atomic E-state index is -0.530. The summed E-state index contributed by atoms with van der Waals surface area (Å²) in [6, 6.07) is 12.7. The highest BCUT2D eigenvalue weighted by Gasteiger charge is 2.37. The number of aliphatic imine (C=N–C) groups is 1. The van der Waals surface area contributed by atoms with E-state index in [2.05, 4.69) is 22.2 Å². The van der Waals surface area contributed by atoms with Gasteiger partial charge >= 0.3 is 5.97 Å². The third kappa shape index (κ3) is 11.6. The van der Waals surface area contributed by atoms with Gasteiger partial charge in [-0.15, -0.1) is 0 Å². The number of carbonyl (C=O) groups excluding carboxylic acids is 1. The highest BCUT2D eigenvalue weighted by atomic mass is 16.6. The van der Waals surface area contributed by atoms with Crippen LogP contribution in [0.15, 0.2) is 59.9 Å². The maximum Gasteiger partial charge on any atom is 0.302 e. The van der Waals surface area contributed by atoms with E-state index in [0.29, 0.717) is 43.0 Å². The molecular weight excluding hydrogens is 676 g/mol. The van der Waals surface area contributed by atoms with Gasteiger partial charge in [-0.1, -0.05) is 38.3 Å². The second-order valence-electron chi connectivity index (χ2n) is 14.3. The fraction of sp³-hybridized carbons (Fsp3) is 0.537. The summed E-state index contributed by atoms with van der Waals surface area (Å²) in [5.74, 6) is 0.138. The fourth-order valence-corrected chi connectivity index (χ4v) is 7.49. The van der Waals surface area contributed by atoms with E-state index in [1.165, 1.54) is 13.0 Å². The van der Waals surface area contributed by atoms with Crippen molar-refractivity contribution in [2.24, 2.45) is 16.6 Å². The molecule has 1 saturated carbocycles. The van der Waals surface area contributed by atoms with Crippen LogP contribution in [0, 0.1) is 5.92 Å². The number of rotatable bonds is 16. The van der Waals surface area contributed by atoms with Crippen LogP contribution in [0.3, 0.4) is 0 Å². The third-order valence-electron chi connectivity index (χ3n) is 10.2. The zero-order valence-electron chi connectivity index (χ0n) is 31.2. The van der Waals surface area contributed by atoms with E-state index in [0.717, 1.165) is 62.5 Å². The van der Waals surface area contributed by atoms with Crippen molar-refractivity contribution in [1.82, 2.24) is 10.3 Å². The Labute approximate surface area is 312 Å². The van der Waals surface area contributed by atoms with E-state index in [9.17, 15) is 20.1 Å². The normalized spacial score (nSPS) is 22.5. The van der Waals surface area contributed by atoms with Crippen LogP contribution in [0.4, 0.5) is 0 Å². The predicted molar refractivity (Wildman–Crippen MR) is 202 cm³/mol. The molecule has 5 rings (SSSR count). The van der Waals surface area contributed by atoms with E-state index in [-0.39, 0.29) is 59.7 Å². The first-order valence-corrected chi connectivity index (χ1v) is 19.0. The number of ether oxygens (including phenoxy) is 4. The van der Waals surface area contributed by atoms with Crippen molar-refractivity contribution in [2.45, 2.75) is 121 Å². The second-order valence-corrected chi connectivity index (χ2v) is 14.3. The number of unbranched alkanes of at least 4 members (excludes halogenated alkanes) is 2. The van der Waals surface area contributed by atoms with E-state index >= 15 is 0 Å². The molecule has 288 valence electrons. The molecule has 12 heteroatoms. The van der Waals surface area contributed by atoms with Crippen molar-refractivity contribution < 1.29 is 39.1 Å². The van der Waals surface area contributed by atoms with Crippen molar-refractivity contribution in [1.29, 1.82) is 0 Å². The van der Waals surface area contributed by atoms with Crippen molar-refractivity contribution in [3.05, 3.63) is 71.5 Å². The number of guanidine groups is 1. The quantitative estimate of drug-likeness (QED) is 0.0351. The summed E-state index contributed by atoms with van der Waals surface area (Å²) < 4.78 is 25.0. The number of phenolic OH excluding ortho intramolecular Hbond substituents is 3. The van der Waals surface area contributed by atoms with Gasteiger partial charge in [0.05, 0.1) is 18.8 Å². The topological polar surface area (TPSA) is 178 Å². The summed E-state index contributed by atoms with van der Waals surface area (Å²) in [7, 11) is 1.66. The standard InChI is InChI=1S/C41H56N4O8/c1-4-5-6-10-29(18-28-13-14-34(47)38(19-28)52-32-12-7-11-31(22-32)45-41(42)43-3)36-23-33(51-26(2)46)24-37(53-36)30-20-35(48)40(49)39(21-30)50-17-15-27-9-8-16-44-25-27/h8-9,13-14,16,19-21,25,29,31-33,36-37,47-49H,4-7,10-12,15,17-18,22-24H2,1-3H3,(H3,42,43,45)/t29-,31+,32-,33-,36+,37+/m1/s1. The summed E-state index contributed by atoms with van der Waals surface area (Å²) in [5, 5.41) is 35.5. The molecule has 2 heterocycles. The highest BCUT2D eigenvalue weighted by molar-refractivity contribution is 5.77. The molecule has 12 nitrogen and oxygen atoms in total. The Kier molecular flexibility index (Phi) is 14.5. The molecule has 6 N–H and O–H groups in total. The molecule has 1 saturated heterocycles. The number of esters is 1. The van der Waals surface area contributed by atoms with Crippen LogP contribution in [0.2, 0.25) is 0 Å². The zero-order valence-corrected chi connectivity index (χ0v) is 31.2. The number of nitrogens with zero attached hydrogens (tertiary/aromatic N) is 2. The summed E-state index contributed by atoms with van der Waals surface area (Å²) >= 11 is 0. The number of nitrogens with two attached hydrogens (primary N) is 1. The van der Waals surface area contributed by atoms with Crippen molar-refractivity contribution in [2.75, 3.05) is 13.7 Å². The second kappa shape index (κ2) is 19.4. The Hall–Kier alpha value is -4.71. The van der Waals surface area contributed by atoms with Gasteiger partial charge in [-0.3, -0.25) is 14.8 Å². The Bertz CT molecular complexity index is 1650. The molecule has 0 unspecified atom stereocenters. The lowest BCUT2D eigenvalue weighted by Crippen LogP contribution is -2.44. The van der Waals surface area contributed by atoms with Crippen LogP contribution < -0.4 is 20.5 Å². The highest BCUT2D eigenvalue weighted by Crippen LogP contribution is 2.44. The van der Waals surface area contributed by atoms with Gasteiger partial charge in [-0.05, 0) is 85.0 Å². The minimum absolute atomic E-state index is 0.0558.